The maximum Gasteiger partial charge on any atom is 0.252 e. The van der Waals surface area contributed by atoms with Gasteiger partial charge in [0.2, 0.25) is 5.91 Å². The van der Waals surface area contributed by atoms with Gasteiger partial charge >= 0.3 is 0 Å². The van der Waals surface area contributed by atoms with E-state index in [4.69, 9.17) is 27.9 Å². The Labute approximate surface area is 239 Å². The van der Waals surface area contributed by atoms with Crippen LogP contribution >= 0.6 is 23.2 Å². The summed E-state index contributed by atoms with van der Waals surface area (Å²) in [5.74, 6) is 0.0173. The molecule has 1 atom stereocenters. The van der Waals surface area contributed by atoms with E-state index < -0.39 is 11.6 Å². The average molecular weight is 578 g/mol. The van der Waals surface area contributed by atoms with Gasteiger partial charge in [-0.15, -0.1) is 5.10 Å². The van der Waals surface area contributed by atoms with E-state index in [1.807, 2.05) is 20.8 Å². The highest BCUT2D eigenvalue weighted by molar-refractivity contribution is 6.31. The fourth-order valence-electron chi connectivity index (χ4n) is 4.47. The number of nitrogens with zero attached hydrogens (tertiary/aromatic N) is 6. The van der Waals surface area contributed by atoms with Gasteiger partial charge in [-0.3, -0.25) is 14.2 Å². The van der Waals surface area contributed by atoms with Crippen molar-refractivity contribution >= 4 is 45.8 Å². The molecular formula is C28H25Cl2N7O3. The second kappa shape index (κ2) is 11.1. The van der Waals surface area contributed by atoms with Gasteiger partial charge in [0.1, 0.15) is 11.8 Å². The van der Waals surface area contributed by atoms with Gasteiger partial charge in [-0.05, 0) is 56.7 Å². The molecule has 1 N–H and O–H groups in total. The van der Waals surface area contributed by atoms with Crippen LogP contribution in [0.4, 0.5) is 5.69 Å². The Hall–Kier alpha value is -4.28. The first-order chi connectivity index (χ1) is 19.2. The maximum absolute atomic E-state index is 13.4. The van der Waals surface area contributed by atoms with Crippen LogP contribution in [0, 0.1) is 13.8 Å². The number of ether oxygens (including phenoxy) is 1. The SMILES string of the molecule is CCC(C(=O)Nc1ccc2nc(C)c(C)nc2c1)n1cc(OC)c(-c2cc(Cl)ccc2-n2cc(Cl)nn2)cc1=O. The van der Waals surface area contributed by atoms with Gasteiger partial charge in [-0.25, -0.2) is 14.6 Å². The number of nitrogens with one attached hydrogen (secondary N) is 1. The van der Waals surface area contributed by atoms with Crippen LogP contribution < -0.4 is 15.6 Å². The van der Waals surface area contributed by atoms with Crippen molar-refractivity contribution in [1.82, 2.24) is 29.5 Å². The number of aryl methyl sites for hydroxylation is 2. The highest BCUT2D eigenvalue weighted by Gasteiger charge is 2.23. The minimum atomic E-state index is -0.801. The molecule has 2 aromatic carbocycles. The van der Waals surface area contributed by atoms with Crippen molar-refractivity contribution in [3.05, 3.63) is 86.8 Å². The molecule has 0 saturated carbocycles. The first-order valence-electron chi connectivity index (χ1n) is 12.4. The molecule has 1 unspecified atom stereocenters. The molecule has 3 aromatic heterocycles. The van der Waals surface area contributed by atoms with Crippen molar-refractivity contribution in [1.29, 1.82) is 0 Å². The van der Waals surface area contributed by atoms with Crippen LogP contribution in [-0.4, -0.2) is 42.5 Å². The number of hydrogen-bond donors (Lipinski definition) is 1. The molecule has 40 heavy (non-hydrogen) atoms. The quantitative estimate of drug-likeness (QED) is 0.269. The van der Waals surface area contributed by atoms with Crippen LogP contribution in [0.2, 0.25) is 10.2 Å². The van der Waals surface area contributed by atoms with Crippen molar-refractivity contribution in [2.45, 2.75) is 33.2 Å². The number of aromatic nitrogens is 6. The lowest BCUT2D eigenvalue weighted by Gasteiger charge is -2.21. The van der Waals surface area contributed by atoms with Gasteiger partial charge in [0.05, 0.1) is 47.6 Å². The summed E-state index contributed by atoms with van der Waals surface area (Å²) in [7, 11) is 1.49. The van der Waals surface area contributed by atoms with E-state index in [9.17, 15) is 9.59 Å². The number of carbonyl (C=O) groups is 1. The summed E-state index contributed by atoms with van der Waals surface area (Å²) in [6.45, 7) is 5.62. The molecule has 3 heterocycles. The van der Waals surface area contributed by atoms with Crippen LogP contribution in [-0.2, 0) is 4.79 Å². The average Bonchev–Trinajstić information content (AvgIpc) is 3.36. The second-order valence-corrected chi connectivity index (χ2v) is 9.98. The molecule has 0 radical (unpaired) electrons. The van der Waals surface area contributed by atoms with E-state index in [1.54, 1.807) is 42.6 Å². The zero-order valence-corrected chi connectivity index (χ0v) is 23.7. The van der Waals surface area contributed by atoms with Crippen molar-refractivity contribution in [2.24, 2.45) is 0 Å². The van der Waals surface area contributed by atoms with Crippen LogP contribution in [0.5, 0.6) is 5.75 Å². The molecule has 5 rings (SSSR count). The lowest BCUT2D eigenvalue weighted by molar-refractivity contribution is -0.119. The van der Waals surface area contributed by atoms with E-state index >= 15 is 0 Å². The number of pyridine rings is 1. The highest BCUT2D eigenvalue weighted by Crippen LogP contribution is 2.35. The Bertz CT molecular complexity index is 1820. The Morgan fingerprint density at radius 3 is 2.42 bits per heavy atom. The van der Waals surface area contributed by atoms with E-state index in [2.05, 4.69) is 25.6 Å². The molecule has 10 nitrogen and oxygen atoms in total. The molecular weight excluding hydrogens is 553 g/mol. The van der Waals surface area contributed by atoms with E-state index in [1.165, 1.54) is 28.6 Å². The highest BCUT2D eigenvalue weighted by atomic mass is 35.5. The predicted molar refractivity (Wildman–Crippen MR) is 155 cm³/mol. The topological polar surface area (TPSA) is 117 Å². The monoisotopic (exact) mass is 577 g/mol. The van der Waals surface area contributed by atoms with Crippen molar-refractivity contribution in [3.63, 3.8) is 0 Å². The zero-order valence-electron chi connectivity index (χ0n) is 22.1. The summed E-state index contributed by atoms with van der Waals surface area (Å²) >= 11 is 12.3. The number of benzene rings is 2. The van der Waals surface area contributed by atoms with Gasteiger partial charge in [0.15, 0.2) is 5.15 Å². The molecule has 204 valence electrons. The van der Waals surface area contributed by atoms with Crippen molar-refractivity contribution in [2.75, 3.05) is 12.4 Å². The molecule has 0 bridgehead atoms. The molecule has 12 heteroatoms. The van der Waals surface area contributed by atoms with Crippen molar-refractivity contribution in [3.8, 4) is 22.6 Å². The van der Waals surface area contributed by atoms with Gasteiger partial charge < -0.3 is 10.1 Å². The number of hydrogen-bond acceptors (Lipinski definition) is 7. The molecule has 0 fully saturated rings. The summed E-state index contributed by atoms with van der Waals surface area (Å²) in [4.78, 5) is 35.9. The fraction of sp³-hybridized carbons (Fsp3) is 0.214. The number of halogens is 2. The number of carbonyl (C=O) groups excluding carboxylic acids is 1. The third-order valence-electron chi connectivity index (χ3n) is 6.59. The lowest BCUT2D eigenvalue weighted by Crippen LogP contribution is -2.32. The number of anilines is 1. The molecule has 0 aliphatic rings. The lowest BCUT2D eigenvalue weighted by atomic mass is 10.0. The zero-order chi connectivity index (χ0) is 28.6. The summed E-state index contributed by atoms with van der Waals surface area (Å²) in [6, 6.07) is 11.1. The van der Waals surface area contributed by atoms with Gasteiger partial charge in [-0.2, -0.15) is 0 Å². The Kier molecular flexibility index (Phi) is 7.55. The smallest absolute Gasteiger partial charge is 0.252 e. The minimum absolute atomic E-state index is 0.212. The fourth-order valence-corrected chi connectivity index (χ4v) is 4.77. The second-order valence-electron chi connectivity index (χ2n) is 9.16. The summed E-state index contributed by atoms with van der Waals surface area (Å²) < 4.78 is 8.52. The Balaban J connectivity index is 1.51. The summed E-state index contributed by atoms with van der Waals surface area (Å²) in [5, 5.41) is 11.4. The molecule has 1 amide bonds. The number of methoxy groups -OCH3 is 1. The van der Waals surface area contributed by atoms with Gasteiger partial charge in [0, 0.05) is 27.9 Å². The normalized spacial score (nSPS) is 11.9. The van der Waals surface area contributed by atoms with Crippen LogP contribution in [0.15, 0.2) is 59.7 Å². The van der Waals surface area contributed by atoms with Crippen LogP contribution in [0.3, 0.4) is 0 Å². The minimum Gasteiger partial charge on any atom is -0.495 e. The van der Waals surface area contributed by atoms with Gasteiger partial charge in [0.25, 0.3) is 5.56 Å². The largest absolute Gasteiger partial charge is 0.495 e. The molecule has 0 spiro atoms. The predicted octanol–water partition coefficient (Wildman–Crippen LogP) is 5.56. The third-order valence-corrected chi connectivity index (χ3v) is 7.00. The Morgan fingerprint density at radius 1 is 1.00 bits per heavy atom. The Morgan fingerprint density at radius 2 is 1.75 bits per heavy atom. The van der Waals surface area contributed by atoms with Crippen LogP contribution in [0.25, 0.3) is 27.8 Å². The molecule has 0 aliphatic heterocycles. The first kappa shape index (κ1) is 27.3. The molecule has 5 aromatic rings. The summed E-state index contributed by atoms with van der Waals surface area (Å²) in [6.07, 6.45) is 3.43. The standard InChI is InChI=1S/C28H25Cl2N7O3/c1-5-23(28(39)33-18-7-8-21-22(11-18)32-16(3)15(2)31-21)36-13-25(40-4)20(12-27(36)38)19-10-17(29)6-9-24(19)37-14-26(30)34-35-37/h6-14,23H,5H2,1-4H3,(H,33,39). The number of amides is 1. The third kappa shape index (κ3) is 5.28. The van der Waals surface area contributed by atoms with E-state index in [0.717, 1.165) is 16.9 Å². The summed E-state index contributed by atoms with van der Waals surface area (Å²) in [5.41, 5.74) is 4.88. The maximum atomic E-state index is 13.4. The van der Waals surface area contributed by atoms with Gasteiger partial charge in [-0.1, -0.05) is 35.3 Å². The van der Waals surface area contributed by atoms with Crippen LogP contribution in [0.1, 0.15) is 30.8 Å². The molecule has 0 aliphatic carbocycles. The van der Waals surface area contributed by atoms with Crippen molar-refractivity contribution < 1.29 is 9.53 Å². The van der Waals surface area contributed by atoms with E-state index in [0.29, 0.717) is 45.2 Å². The number of fused-ring (bicyclic) bond motifs is 1. The molecule has 0 saturated heterocycles. The van der Waals surface area contributed by atoms with E-state index in [-0.39, 0.29) is 11.1 Å². The first-order valence-corrected chi connectivity index (χ1v) is 13.2. The number of rotatable bonds is 7.